The molecule has 1 aromatic carbocycles. The van der Waals surface area contributed by atoms with Gasteiger partial charge >= 0.3 is 5.97 Å². The second kappa shape index (κ2) is 7.70. The van der Waals surface area contributed by atoms with E-state index < -0.39 is 11.8 Å². The molecule has 0 bridgehead atoms. The Hall–Kier alpha value is -1.46. The van der Waals surface area contributed by atoms with E-state index in [0.717, 1.165) is 37.8 Å². The van der Waals surface area contributed by atoms with E-state index in [1.807, 2.05) is 7.05 Å². The molecule has 1 N–H and O–H groups in total. The van der Waals surface area contributed by atoms with Gasteiger partial charge < -0.3 is 14.7 Å². The standard InChI is InChI=1S/C17H24FNO3/c1-19(11-13-5-3-4-6-16(13)20)10-12-7-8-14(18)9-15(12)17(21)22-2/h7-9,13,16,20H,3-6,10-11H2,1-2H3. The second-order valence-corrected chi connectivity index (χ2v) is 6.10. The fourth-order valence-electron chi connectivity index (χ4n) is 3.14. The van der Waals surface area contributed by atoms with Gasteiger partial charge in [0, 0.05) is 13.1 Å². The van der Waals surface area contributed by atoms with E-state index >= 15 is 0 Å². The van der Waals surface area contributed by atoms with Crippen molar-refractivity contribution in [2.24, 2.45) is 5.92 Å². The number of aliphatic hydroxyl groups is 1. The first-order chi connectivity index (χ1) is 10.5. The van der Waals surface area contributed by atoms with Gasteiger partial charge in [-0.05, 0) is 43.5 Å². The molecule has 0 heterocycles. The Kier molecular flexibility index (Phi) is 5.91. The van der Waals surface area contributed by atoms with E-state index in [2.05, 4.69) is 4.90 Å². The van der Waals surface area contributed by atoms with Crippen molar-refractivity contribution in [2.75, 3.05) is 20.7 Å². The molecule has 0 amide bonds. The Bertz CT molecular complexity index is 521. The zero-order valence-electron chi connectivity index (χ0n) is 13.2. The summed E-state index contributed by atoms with van der Waals surface area (Å²) < 4.78 is 18.1. The lowest BCUT2D eigenvalue weighted by Crippen LogP contribution is -2.35. The summed E-state index contributed by atoms with van der Waals surface area (Å²) >= 11 is 0. The van der Waals surface area contributed by atoms with Gasteiger partial charge in [0.15, 0.2) is 0 Å². The number of ether oxygens (including phenoxy) is 1. The highest BCUT2D eigenvalue weighted by Crippen LogP contribution is 2.25. The third-order valence-corrected chi connectivity index (χ3v) is 4.33. The van der Waals surface area contributed by atoms with Gasteiger partial charge in [-0.25, -0.2) is 9.18 Å². The lowest BCUT2D eigenvalue weighted by atomic mass is 9.86. The quantitative estimate of drug-likeness (QED) is 0.850. The lowest BCUT2D eigenvalue weighted by Gasteiger charge is -2.31. The highest BCUT2D eigenvalue weighted by Gasteiger charge is 2.24. The fourth-order valence-corrected chi connectivity index (χ4v) is 3.14. The van der Waals surface area contributed by atoms with Crippen molar-refractivity contribution >= 4 is 5.97 Å². The van der Waals surface area contributed by atoms with Crippen molar-refractivity contribution in [3.8, 4) is 0 Å². The molecule has 1 aliphatic rings. The Morgan fingerprint density at radius 2 is 2.14 bits per heavy atom. The molecular formula is C17H24FNO3. The number of esters is 1. The number of carbonyl (C=O) groups excluding carboxylic acids is 1. The molecule has 22 heavy (non-hydrogen) atoms. The highest BCUT2D eigenvalue weighted by molar-refractivity contribution is 5.91. The molecule has 0 aromatic heterocycles. The SMILES string of the molecule is COC(=O)c1cc(F)ccc1CN(C)CC1CCCCC1O. The van der Waals surface area contributed by atoms with Crippen LogP contribution in [-0.2, 0) is 11.3 Å². The minimum atomic E-state index is -0.527. The lowest BCUT2D eigenvalue weighted by molar-refractivity contribution is 0.0496. The molecule has 2 rings (SSSR count). The fraction of sp³-hybridized carbons (Fsp3) is 0.588. The monoisotopic (exact) mass is 309 g/mol. The first-order valence-corrected chi connectivity index (χ1v) is 7.74. The average Bonchev–Trinajstić information content (AvgIpc) is 2.50. The van der Waals surface area contributed by atoms with Gasteiger partial charge in [0.25, 0.3) is 0 Å². The van der Waals surface area contributed by atoms with Crippen LogP contribution in [0, 0.1) is 11.7 Å². The zero-order valence-corrected chi connectivity index (χ0v) is 13.2. The minimum Gasteiger partial charge on any atom is -0.465 e. The third kappa shape index (κ3) is 4.27. The number of rotatable bonds is 5. The van der Waals surface area contributed by atoms with E-state index in [-0.39, 0.29) is 17.6 Å². The van der Waals surface area contributed by atoms with Crippen LogP contribution in [0.1, 0.15) is 41.6 Å². The van der Waals surface area contributed by atoms with Crippen LogP contribution in [0.15, 0.2) is 18.2 Å². The zero-order chi connectivity index (χ0) is 16.1. The van der Waals surface area contributed by atoms with Crippen LogP contribution >= 0.6 is 0 Å². The smallest absolute Gasteiger partial charge is 0.338 e. The molecule has 5 heteroatoms. The van der Waals surface area contributed by atoms with Crippen molar-refractivity contribution in [1.29, 1.82) is 0 Å². The van der Waals surface area contributed by atoms with Crippen molar-refractivity contribution in [3.05, 3.63) is 35.1 Å². The molecule has 0 aliphatic heterocycles. The maximum Gasteiger partial charge on any atom is 0.338 e. The van der Waals surface area contributed by atoms with Gasteiger partial charge in [0.05, 0.1) is 18.8 Å². The van der Waals surface area contributed by atoms with Crippen LogP contribution in [0.5, 0.6) is 0 Å². The predicted molar refractivity (Wildman–Crippen MR) is 82.0 cm³/mol. The molecule has 2 atom stereocenters. The normalized spacial score (nSPS) is 21.9. The average molecular weight is 309 g/mol. The summed E-state index contributed by atoms with van der Waals surface area (Å²) in [6.45, 7) is 1.28. The number of nitrogens with zero attached hydrogens (tertiary/aromatic N) is 1. The molecule has 0 spiro atoms. The molecule has 0 radical (unpaired) electrons. The number of methoxy groups -OCH3 is 1. The number of halogens is 1. The molecule has 122 valence electrons. The molecule has 1 fully saturated rings. The van der Waals surface area contributed by atoms with Gasteiger partial charge in [-0.3, -0.25) is 0 Å². The maximum atomic E-state index is 13.4. The van der Waals surface area contributed by atoms with E-state index in [4.69, 9.17) is 4.74 Å². The summed E-state index contributed by atoms with van der Waals surface area (Å²) in [5.41, 5.74) is 1.000. The number of hydrogen-bond donors (Lipinski definition) is 1. The van der Waals surface area contributed by atoms with Crippen LogP contribution in [0.3, 0.4) is 0 Å². The van der Waals surface area contributed by atoms with E-state index in [0.29, 0.717) is 6.54 Å². The van der Waals surface area contributed by atoms with Crippen LogP contribution < -0.4 is 0 Å². The summed E-state index contributed by atoms with van der Waals surface area (Å²) in [6, 6.07) is 4.19. The summed E-state index contributed by atoms with van der Waals surface area (Å²) in [5, 5.41) is 10.1. The first kappa shape index (κ1) is 16.9. The summed E-state index contributed by atoms with van der Waals surface area (Å²) in [4.78, 5) is 13.8. The molecule has 1 saturated carbocycles. The van der Waals surface area contributed by atoms with Gasteiger partial charge in [0.1, 0.15) is 5.82 Å². The highest BCUT2D eigenvalue weighted by atomic mass is 19.1. The Balaban J connectivity index is 2.04. The minimum absolute atomic E-state index is 0.246. The van der Waals surface area contributed by atoms with Gasteiger partial charge in [-0.1, -0.05) is 18.9 Å². The summed E-state index contributed by atoms with van der Waals surface area (Å²) in [6.07, 6.45) is 3.89. The topological polar surface area (TPSA) is 49.8 Å². The molecule has 0 saturated heterocycles. The van der Waals surface area contributed by atoms with Gasteiger partial charge in [-0.2, -0.15) is 0 Å². The van der Waals surface area contributed by atoms with Crippen molar-refractivity contribution in [2.45, 2.75) is 38.3 Å². The van der Waals surface area contributed by atoms with Crippen LogP contribution in [0.2, 0.25) is 0 Å². The van der Waals surface area contributed by atoms with Gasteiger partial charge in [-0.15, -0.1) is 0 Å². The largest absolute Gasteiger partial charge is 0.465 e. The summed E-state index contributed by atoms with van der Waals surface area (Å²) in [5.74, 6) is -0.712. The van der Waals surface area contributed by atoms with Crippen molar-refractivity contribution in [1.82, 2.24) is 4.90 Å². The number of aliphatic hydroxyl groups excluding tert-OH is 1. The van der Waals surface area contributed by atoms with Crippen LogP contribution in [-0.4, -0.2) is 42.8 Å². The number of carbonyl (C=O) groups is 1. The second-order valence-electron chi connectivity index (χ2n) is 6.10. The molecule has 4 nitrogen and oxygen atoms in total. The van der Waals surface area contributed by atoms with E-state index in [9.17, 15) is 14.3 Å². The molecule has 1 aliphatic carbocycles. The molecular weight excluding hydrogens is 285 g/mol. The van der Waals surface area contributed by atoms with Crippen LogP contribution in [0.25, 0.3) is 0 Å². The third-order valence-electron chi connectivity index (χ3n) is 4.33. The summed E-state index contributed by atoms with van der Waals surface area (Å²) in [7, 11) is 3.24. The maximum absolute atomic E-state index is 13.4. The number of hydrogen-bond acceptors (Lipinski definition) is 4. The first-order valence-electron chi connectivity index (χ1n) is 7.74. The van der Waals surface area contributed by atoms with E-state index in [1.165, 1.54) is 19.2 Å². The van der Waals surface area contributed by atoms with Crippen LogP contribution in [0.4, 0.5) is 4.39 Å². The Morgan fingerprint density at radius 3 is 2.82 bits per heavy atom. The van der Waals surface area contributed by atoms with E-state index in [1.54, 1.807) is 6.07 Å². The number of benzene rings is 1. The Morgan fingerprint density at radius 1 is 1.41 bits per heavy atom. The van der Waals surface area contributed by atoms with Gasteiger partial charge in [0.2, 0.25) is 0 Å². The Labute approximate surface area is 130 Å². The molecule has 2 unspecified atom stereocenters. The van der Waals surface area contributed by atoms with Crippen molar-refractivity contribution in [3.63, 3.8) is 0 Å². The molecule has 1 aromatic rings. The predicted octanol–water partition coefficient (Wildman–Crippen LogP) is 2.60. The van der Waals surface area contributed by atoms with Crippen molar-refractivity contribution < 1.29 is 19.0 Å².